The van der Waals surface area contributed by atoms with Crippen molar-refractivity contribution in [1.82, 2.24) is 10.6 Å². The third-order valence-corrected chi connectivity index (χ3v) is 5.51. The summed E-state index contributed by atoms with van der Waals surface area (Å²) in [4.78, 5) is 24.3. The van der Waals surface area contributed by atoms with Crippen LogP contribution in [-0.2, 0) is 9.59 Å². The first-order valence-corrected chi connectivity index (χ1v) is 9.89. The molecule has 0 bridgehead atoms. The fourth-order valence-corrected chi connectivity index (χ4v) is 3.88. The third-order valence-electron chi connectivity index (χ3n) is 4.51. The van der Waals surface area contributed by atoms with Gasteiger partial charge in [0.05, 0.1) is 28.5 Å². The van der Waals surface area contributed by atoms with E-state index < -0.39 is 17.2 Å². The summed E-state index contributed by atoms with van der Waals surface area (Å²) in [5.41, 5.74) is -0.541. The first kappa shape index (κ1) is 22.1. The second-order valence-corrected chi connectivity index (χ2v) is 8.66. The maximum absolute atomic E-state index is 12.1. The molecule has 0 fully saturated rings. The van der Waals surface area contributed by atoms with E-state index in [1.165, 1.54) is 0 Å². The molecule has 0 aromatic heterocycles. The molecule has 7 heteroatoms. The minimum Gasteiger partial charge on any atom is -0.353 e. The van der Waals surface area contributed by atoms with Gasteiger partial charge in [0.15, 0.2) is 0 Å². The average Bonchev–Trinajstić information content (AvgIpc) is 2.51. The van der Waals surface area contributed by atoms with Crippen molar-refractivity contribution < 1.29 is 9.59 Å². The van der Waals surface area contributed by atoms with Gasteiger partial charge in [-0.25, -0.2) is 0 Å². The van der Waals surface area contributed by atoms with Gasteiger partial charge in [0.1, 0.15) is 5.92 Å². The smallest absolute Gasteiger partial charge is 0.243 e. The number of amides is 2. The Balaban J connectivity index is 2.66. The summed E-state index contributed by atoms with van der Waals surface area (Å²) in [5, 5.41) is 24.6. The topological polar surface area (TPSA) is 106 Å². The molecular formula is C19H28N4O2S. The number of hydrogen-bond acceptors (Lipinski definition) is 5. The zero-order valence-electron chi connectivity index (χ0n) is 16.2. The number of nitrogens with one attached hydrogen (secondary N) is 2. The lowest BCUT2D eigenvalue weighted by atomic mass is 9.72. The number of thioether (sulfide) groups is 1. The molecule has 1 aliphatic rings. The summed E-state index contributed by atoms with van der Waals surface area (Å²) in [6, 6.07) is 4.14. The summed E-state index contributed by atoms with van der Waals surface area (Å²) in [6.07, 6.45) is 3.12. The molecule has 0 aromatic carbocycles. The van der Waals surface area contributed by atoms with Crippen molar-refractivity contribution in [2.75, 3.05) is 5.75 Å². The van der Waals surface area contributed by atoms with Crippen molar-refractivity contribution in [3.63, 3.8) is 0 Å². The Hall–Kier alpha value is -1.99. The SMILES string of the molecule is CC(C)CCC[C@@H](C)NC(=O)CSC1=C(C#N)C(C)(C)[C@@H](C#N)C(=O)N1. The number of nitriles is 2. The molecule has 0 saturated heterocycles. The van der Waals surface area contributed by atoms with Crippen LogP contribution in [0.1, 0.15) is 53.9 Å². The molecule has 0 saturated carbocycles. The molecule has 2 atom stereocenters. The standard InChI is InChI=1S/C19H28N4O2S/c1-12(2)7-6-8-13(3)22-16(24)11-26-18-15(10-21)19(4,5)14(9-20)17(25)23-18/h12-14H,6-8,11H2,1-5H3,(H,22,24)(H,23,25)/t13-,14+/m1/s1. The van der Waals surface area contributed by atoms with Crippen LogP contribution in [0.3, 0.4) is 0 Å². The maximum Gasteiger partial charge on any atom is 0.243 e. The largest absolute Gasteiger partial charge is 0.353 e. The summed E-state index contributed by atoms with van der Waals surface area (Å²) < 4.78 is 0. The van der Waals surface area contributed by atoms with E-state index in [1.807, 2.05) is 13.0 Å². The van der Waals surface area contributed by atoms with E-state index in [2.05, 4.69) is 30.6 Å². The van der Waals surface area contributed by atoms with Crippen LogP contribution in [0.2, 0.25) is 0 Å². The molecule has 1 aliphatic heterocycles. The van der Waals surface area contributed by atoms with Crippen molar-refractivity contribution >= 4 is 23.6 Å². The molecule has 2 N–H and O–H groups in total. The Kier molecular flexibility index (Phi) is 8.17. The number of allylic oxidation sites excluding steroid dienone is 1. The average molecular weight is 377 g/mol. The molecule has 0 aromatic rings. The van der Waals surface area contributed by atoms with Crippen LogP contribution in [0.15, 0.2) is 10.6 Å². The van der Waals surface area contributed by atoms with Crippen LogP contribution in [0, 0.1) is 39.9 Å². The quantitative estimate of drug-likeness (QED) is 0.677. The number of carbonyl (C=O) groups is 2. The Morgan fingerprint density at radius 2 is 1.96 bits per heavy atom. The minimum absolute atomic E-state index is 0.0895. The Bertz CT molecular complexity index is 655. The fraction of sp³-hybridized carbons (Fsp3) is 0.684. The molecule has 0 unspecified atom stereocenters. The molecular weight excluding hydrogens is 348 g/mol. The number of nitrogens with zero attached hydrogens (tertiary/aromatic N) is 2. The van der Waals surface area contributed by atoms with E-state index in [-0.39, 0.29) is 17.7 Å². The highest BCUT2D eigenvalue weighted by Crippen LogP contribution is 2.41. The highest BCUT2D eigenvalue weighted by atomic mass is 32.2. The van der Waals surface area contributed by atoms with Gasteiger partial charge in [0.2, 0.25) is 11.8 Å². The highest BCUT2D eigenvalue weighted by molar-refractivity contribution is 8.03. The fourth-order valence-electron chi connectivity index (χ4n) is 2.89. The third kappa shape index (κ3) is 5.78. The zero-order valence-corrected chi connectivity index (χ0v) is 17.0. The summed E-state index contributed by atoms with van der Waals surface area (Å²) in [6.45, 7) is 9.74. The molecule has 26 heavy (non-hydrogen) atoms. The molecule has 0 radical (unpaired) electrons. The van der Waals surface area contributed by atoms with Crippen molar-refractivity contribution in [2.45, 2.75) is 59.9 Å². The Morgan fingerprint density at radius 1 is 1.31 bits per heavy atom. The van der Waals surface area contributed by atoms with E-state index in [1.54, 1.807) is 13.8 Å². The van der Waals surface area contributed by atoms with Gasteiger partial charge in [-0.15, -0.1) is 0 Å². The highest BCUT2D eigenvalue weighted by Gasteiger charge is 2.44. The van der Waals surface area contributed by atoms with Gasteiger partial charge in [-0.1, -0.05) is 52.3 Å². The number of rotatable bonds is 8. The summed E-state index contributed by atoms with van der Waals surface area (Å²) in [7, 11) is 0. The van der Waals surface area contributed by atoms with Crippen LogP contribution in [0.5, 0.6) is 0 Å². The Labute approximate surface area is 160 Å². The summed E-state index contributed by atoms with van der Waals surface area (Å²) >= 11 is 1.13. The molecule has 0 spiro atoms. The van der Waals surface area contributed by atoms with Gasteiger partial charge in [0, 0.05) is 11.5 Å². The second-order valence-electron chi connectivity index (χ2n) is 7.67. The first-order valence-electron chi connectivity index (χ1n) is 8.91. The molecule has 6 nitrogen and oxygen atoms in total. The molecule has 1 rings (SSSR count). The molecule has 0 aliphatic carbocycles. The van der Waals surface area contributed by atoms with Gasteiger partial charge >= 0.3 is 0 Å². The van der Waals surface area contributed by atoms with E-state index in [0.29, 0.717) is 16.5 Å². The summed E-state index contributed by atoms with van der Waals surface area (Å²) in [5.74, 6) is -0.716. The second kappa shape index (κ2) is 9.64. The van der Waals surface area contributed by atoms with Crippen LogP contribution in [0.25, 0.3) is 0 Å². The van der Waals surface area contributed by atoms with E-state index in [4.69, 9.17) is 0 Å². The lowest BCUT2D eigenvalue weighted by Gasteiger charge is -2.34. The van der Waals surface area contributed by atoms with Crippen molar-refractivity contribution in [1.29, 1.82) is 10.5 Å². The van der Waals surface area contributed by atoms with Crippen LogP contribution >= 0.6 is 11.8 Å². The van der Waals surface area contributed by atoms with Gasteiger partial charge < -0.3 is 10.6 Å². The van der Waals surface area contributed by atoms with Crippen LogP contribution < -0.4 is 10.6 Å². The van der Waals surface area contributed by atoms with Crippen molar-refractivity contribution in [3.05, 3.63) is 10.6 Å². The Morgan fingerprint density at radius 3 is 2.50 bits per heavy atom. The molecule has 1 heterocycles. The first-order chi connectivity index (χ1) is 12.1. The number of carbonyl (C=O) groups excluding carboxylic acids is 2. The van der Waals surface area contributed by atoms with Crippen molar-refractivity contribution in [3.8, 4) is 12.1 Å². The predicted octanol–water partition coefficient (Wildman–Crippen LogP) is 3.08. The number of hydrogen-bond donors (Lipinski definition) is 2. The minimum atomic E-state index is -0.920. The van der Waals surface area contributed by atoms with E-state index >= 15 is 0 Å². The lowest BCUT2D eigenvalue weighted by molar-refractivity contribution is -0.125. The normalized spacial score (nSPS) is 20.2. The van der Waals surface area contributed by atoms with E-state index in [0.717, 1.165) is 31.0 Å². The molecule has 142 valence electrons. The van der Waals surface area contributed by atoms with E-state index in [9.17, 15) is 20.1 Å². The van der Waals surface area contributed by atoms with Gasteiger partial charge in [-0.05, 0) is 19.3 Å². The van der Waals surface area contributed by atoms with Crippen molar-refractivity contribution in [2.24, 2.45) is 17.3 Å². The zero-order chi connectivity index (χ0) is 19.9. The van der Waals surface area contributed by atoms with Gasteiger partial charge in [-0.3, -0.25) is 9.59 Å². The van der Waals surface area contributed by atoms with Crippen LogP contribution in [-0.4, -0.2) is 23.6 Å². The maximum atomic E-state index is 12.1. The monoisotopic (exact) mass is 376 g/mol. The van der Waals surface area contributed by atoms with Gasteiger partial charge in [-0.2, -0.15) is 10.5 Å². The predicted molar refractivity (Wildman–Crippen MR) is 102 cm³/mol. The van der Waals surface area contributed by atoms with Gasteiger partial charge in [0.25, 0.3) is 0 Å². The van der Waals surface area contributed by atoms with Crippen LogP contribution in [0.4, 0.5) is 0 Å². The lowest BCUT2D eigenvalue weighted by Crippen LogP contribution is -2.44. The molecule has 2 amide bonds.